The van der Waals surface area contributed by atoms with Crippen molar-refractivity contribution >= 4 is 34.0 Å². The lowest BCUT2D eigenvalue weighted by molar-refractivity contribution is -0.140. The summed E-state index contributed by atoms with van der Waals surface area (Å²) in [6.45, 7) is 0.402. The standard InChI is InChI=1S/C24H21BrN2O4/c1-30-19-10-15(9-18(25)22(19)31-13-14-5-3-2-4-6-14)12-26-27-23(28)20-16-7-8-17(11-16)21(20)24(27)29/h2-10,12,16-17,20-21H,11,13H2,1H3/b26-12-/t16-,17-,20-,21-/m0/s1. The molecule has 2 bridgehead atoms. The first-order valence-corrected chi connectivity index (χ1v) is 11.0. The monoisotopic (exact) mass is 480 g/mol. The van der Waals surface area contributed by atoms with Crippen LogP contribution >= 0.6 is 15.9 Å². The van der Waals surface area contributed by atoms with Crippen LogP contribution in [0.2, 0.25) is 0 Å². The van der Waals surface area contributed by atoms with Gasteiger partial charge in [-0.25, -0.2) is 0 Å². The first-order valence-electron chi connectivity index (χ1n) is 10.2. The summed E-state index contributed by atoms with van der Waals surface area (Å²) < 4.78 is 12.1. The number of halogens is 1. The fourth-order valence-electron chi connectivity index (χ4n) is 4.81. The third kappa shape index (κ3) is 3.47. The highest BCUT2D eigenvalue weighted by Crippen LogP contribution is 2.52. The van der Waals surface area contributed by atoms with E-state index < -0.39 is 0 Å². The van der Waals surface area contributed by atoms with Gasteiger partial charge >= 0.3 is 0 Å². The molecule has 5 rings (SSSR count). The zero-order valence-corrected chi connectivity index (χ0v) is 18.5. The van der Waals surface area contributed by atoms with Crippen LogP contribution in [0.15, 0.2) is 64.2 Å². The molecule has 7 heteroatoms. The summed E-state index contributed by atoms with van der Waals surface area (Å²) in [7, 11) is 1.57. The zero-order valence-electron chi connectivity index (χ0n) is 16.9. The third-order valence-corrected chi connectivity index (χ3v) is 6.84. The minimum atomic E-state index is -0.255. The van der Waals surface area contributed by atoms with Crippen LogP contribution in [0.4, 0.5) is 0 Å². The molecule has 6 nitrogen and oxygen atoms in total. The van der Waals surface area contributed by atoms with Crippen molar-refractivity contribution in [1.29, 1.82) is 0 Å². The Morgan fingerprint density at radius 1 is 1.10 bits per heavy atom. The summed E-state index contributed by atoms with van der Waals surface area (Å²) in [5.41, 5.74) is 1.73. The van der Waals surface area contributed by atoms with Gasteiger partial charge in [0.1, 0.15) is 6.61 Å². The zero-order chi connectivity index (χ0) is 21.5. The largest absolute Gasteiger partial charge is 0.493 e. The van der Waals surface area contributed by atoms with Gasteiger partial charge in [-0.1, -0.05) is 42.5 Å². The number of amides is 2. The molecule has 2 amide bonds. The molecular weight excluding hydrogens is 460 g/mol. The second kappa shape index (κ2) is 7.96. The maximum atomic E-state index is 12.8. The number of nitrogens with zero attached hydrogens (tertiary/aromatic N) is 2. The van der Waals surface area contributed by atoms with E-state index in [1.54, 1.807) is 13.2 Å². The highest BCUT2D eigenvalue weighted by atomic mass is 79.9. The summed E-state index contributed by atoms with van der Waals surface area (Å²) >= 11 is 3.53. The van der Waals surface area contributed by atoms with Crippen molar-refractivity contribution in [3.63, 3.8) is 0 Å². The van der Waals surface area contributed by atoms with Crippen LogP contribution in [0.5, 0.6) is 11.5 Å². The van der Waals surface area contributed by atoms with Crippen molar-refractivity contribution < 1.29 is 19.1 Å². The molecule has 2 aromatic carbocycles. The maximum absolute atomic E-state index is 12.8. The van der Waals surface area contributed by atoms with Gasteiger partial charge < -0.3 is 9.47 Å². The number of carbonyl (C=O) groups is 2. The summed E-state index contributed by atoms with van der Waals surface area (Å²) in [6, 6.07) is 13.4. The number of rotatable bonds is 6. The van der Waals surface area contributed by atoms with Crippen LogP contribution in [-0.2, 0) is 16.2 Å². The number of imide groups is 1. The number of carbonyl (C=O) groups excluding carboxylic acids is 2. The summed E-state index contributed by atoms with van der Waals surface area (Å²) in [6.07, 6.45) is 6.56. The lowest BCUT2D eigenvalue weighted by atomic mass is 9.85. The Labute approximate surface area is 188 Å². The van der Waals surface area contributed by atoms with E-state index in [1.165, 1.54) is 6.21 Å². The Morgan fingerprint density at radius 2 is 1.77 bits per heavy atom. The fraction of sp³-hybridized carbons (Fsp3) is 0.292. The molecule has 0 unspecified atom stereocenters. The van der Waals surface area contributed by atoms with Crippen molar-refractivity contribution in [1.82, 2.24) is 5.01 Å². The van der Waals surface area contributed by atoms with E-state index in [9.17, 15) is 9.59 Å². The van der Waals surface area contributed by atoms with Crippen molar-refractivity contribution in [3.05, 3.63) is 70.2 Å². The molecule has 1 aliphatic heterocycles. The van der Waals surface area contributed by atoms with E-state index in [0.29, 0.717) is 28.1 Å². The van der Waals surface area contributed by atoms with Crippen molar-refractivity contribution in [2.75, 3.05) is 7.11 Å². The predicted octanol–water partition coefficient (Wildman–Crippen LogP) is 4.18. The number of ether oxygens (including phenoxy) is 2. The van der Waals surface area contributed by atoms with Crippen LogP contribution in [0, 0.1) is 23.7 Å². The van der Waals surface area contributed by atoms with Gasteiger partial charge in [-0.3, -0.25) is 9.59 Å². The van der Waals surface area contributed by atoms with E-state index in [1.807, 2.05) is 36.4 Å². The molecule has 3 aliphatic rings. The Bertz CT molecular complexity index is 1070. The molecule has 0 aromatic heterocycles. The van der Waals surface area contributed by atoms with Crippen LogP contribution < -0.4 is 9.47 Å². The van der Waals surface area contributed by atoms with E-state index in [4.69, 9.17) is 9.47 Å². The van der Waals surface area contributed by atoms with Gasteiger partial charge in [0.2, 0.25) is 0 Å². The number of benzene rings is 2. The number of hydrogen-bond acceptors (Lipinski definition) is 5. The molecule has 2 fully saturated rings. The molecular formula is C24H21BrN2O4. The van der Waals surface area contributed by atoms with Crippen LogP contribution in [0.1, 0.15) is 17.5 Å². The molecule has 158 valence electrons. The Hall–Kier alpha value is -2.93. The van der Waals surface area contributed by atoms with E-state index in [0.717, 1.165) is 17.0 Å². The van der Waals surface area contributed by atoms with Crippen molar-refractivity contribution in [3.8, 4) is 11.5 Å². The van der Waals surface area contributed by atoms with Crippen LogP contribution in [-0.4, -0.2) is 30.1 Å². The van der Waals surface area contributed by atoms with Gasteiger partial charge in [-0.15, -0.1) is 0 Å². The van der Waals surface area contributed by atoms with Crippen molar-refractivity contribution in [2.45, 2.75) is 13.0 Å². The fourth-order valence-corrected chi connectivity index (χ4v) is 5.38. The average Bonchev–Trinajstić information content (AvgIpc) is 3.46. The summed E-state index contributed by atoms with van der Waals surface area (Å²) in [5, 5.41) is 5.28. The van der Waals surface area contributed by atoms with E-state index in [2.05, 4.69) is 33.2 Å². The second-order valence-electron chi connectivity index (χ2n) is 8.04. The van der Waals surface area contributed by atoms with Gasteiger partial charge in [-0.2, -0.15) is 10.1 Å². The molecule has 1 saturated carbocycles. The molecule has 31 heavy (non-hydrogen) atoms. The van der Waals surface area contributed by atoms with E-state index >= 15 is 0 Å². The minimum absolute atomic E-state index is 0.168. The van der Waals surface area contributed by atoms with Gasteiger partial charge in [0.25, 0.3) is 11.8 Å². The number of allylic oxidation sites excluding steroid dienone is 2. The molecule has 0 N–H and O–H groups in total. The van der Waals surface area contributed by atoms with Gasteiger partial charge in [0.05, 0.1) is 29.6 Å². The molecule has 4 atom stereocenters. The first-order chi connectivity index (χ1) is 15.1. The molecule has 1 saturated heterocycles. The Morgan fingerprint density at radius 3 is 2.42 bits per heavy atom. The molecule has 1 heterocycles. The van der Waals surface area contributed by atoms with Crippen LogP contribution in [0.25, 0.3) is 0 Å². The molecule has 2 aliphatic carbocycles. The lowest BCUT2D eigenvalue weighted by Gasteiger charge is -2.14. The third-order valence-electron chi connectivity index (χ3n) is 6.25. The smallest absolute Gasteiger partial charge is 0.254 e. The predicted molar refractivity (Wildman–Crippen MR) is 119 cm³/mol. The molecule has 2 aromatic rings. The van der Waals surface area contributed by atoms with Gasteiger partial charge in [0.15, 0.2) is 11.5 Å². The Kier molecular flexibility index (Phi) is 5.14. The second-order valence-corrected chi connectivity index (χ2v) is 8.90. The Balaban J connectivity index is 1.34. The number of hydrazone groups is 1. The number of methoxy groups -OCH3 is 1. The highest BCUT2D eigenvalue weighted by molar-refractivity contribution is 9.10. The lowest BCUT2D eigenvalue weighted by Crippen LogP contribution is -2.28. The van der Waals surface area contributed by atoms with E-state index in [-0.39, 0.29) is 35.5 Å². The number of fused-ring (bicyclic) bond motifs is 5. The minimum Gasteiger partial charge on any atom is -0.493 e. The summed E-state index contributed by atoms with van der Waals surface area (Å²) in [4.78, 5) is 25.6. The van der Waals surface area contributed by atoms with Crippen molar-refractivity contribution in [2.24, 2.45) is 28.8 Å². The highest BCUT2D eigenvalue weighted by Gasteiger charge is 2.59. The normalized spacial score (nSPS) is 26.2. The first kappa shape index (κ1) is 20.0. The maximum Gasteiger partial charge on any atom is 0.254 e. The van der Waals surface area contributed by atoms with Crippen LogP contribution in [0.3, 0.4) is 0 Å². The number of hydrogen-bond donors (Lipinski definition) is 0. The molecule has 0 spiro atoms. The topological polar surface area (TPSA) is 68.2 Å². The SMILES string of the molecule is COc1cc(/C=N\N2C(=O)[C@@H]3[C@@H](C2=O)[C@H]2C=C[C@H]3C2)cc(Br)c1OCc1ccccc1. The summed E-state index contributed by atoms with van der Waals surface area (Å²) in [5.74, 6) is 0.543. The molecule has 0 radical (unpaired) electrons. The van der Waals surface area contributed by atoms with Gasteiger partial charge in [-0.05, 0) is 57.4 Å². The quantitative estimate of drug-likeness (QED) is 0.353. The van der Waals surface area contributed by atoms with Gasteiger partial charge in [0, 0.05) is 0 Å². The average molecular weight is 481 g/mol.